The summed E-state index contributed by atoms with van der Waals surface area (Å²) in [5.74, 6) is 0. The van der Waals surface area contributed by atoms with Crippen molar-refractivity contribution in [3.63, 3.8) is 0 Å². The first-order valence-electron chi connectivity index (χ1n) is 43.2. The third kappa shape index (κ3) is 11.9. The second-order valence-corrected chi connectivity index (χ2v) is 35.8. The van der Waals surface area contributed by atoms with Gasteiger partial charge in [0, 0.05) is 81.2 Å². The molecule has 5 nitrogen and oxygen atoms in total. The lowest BCUT2D eigenvalue weighted by Gasteiger charge is -2.30. The van der Waals surface area contributed by atoms with Crippen LogP contribution in [0.4, 0.5) is 34.1 Å². The first kappa shape index (κ1) is 73.6. The third-order valence-electron chi connectivity index (χ3n) is 27.0. The lowest BCUT2D eigenvalue weighted by molar-refractivity contribution is 0.660. The second-order valence-electron chi connectivity index (χ2n) is 34.7. The van der Waals surface area contributed by atoms with Crippen molar-refractivity contribution in [1.82, 2.24) is 0 Å². The van der Waals surface area contributed by atoms with Crippen LogP contribution in [0.1, 0.15) is 72.2 Å². The molecule has 22 aromatic rings. The molecule has 3 N–H and O–H groups in total. The maximum absolute atomic E-state index is 6.15. The van der Waals surface area contributed by atoms with Gasteiger partial charge in [0.25, 0.3) is 0 Å². The summed E-state index contributed by atoms with van der Waals surface area (Å²) in [6, 6.07) is 149. The van der Waals surface area contributed by atoms with Crippen molar-refractivity contribution >= 4 is 120 Å². The van der Waals surface area contributed by atoms with E-state index < -0.39 is 0 Å². The van der Waals surface area contributed by atoms with E-state index in [9.17, 15) is 0 Å². The predicted octanol–water partition coefficient (Wildman–Crippen LogP) is 33.2. The number of hydrogen-bond donors (Lipinski definition) is 3. The smallest absolute Gasteiger partial charge is 0.137 e. The highest BCUT2D eigenvalue weighted by molar-refractivity contribution is 7.26. The summed E-state index contributed by atoms with van der Waals surface area (Å²) in [5.41, 5.74) is 41.2. The Morgan fingerprint density at radius 1 is 0.208 bits per heavy atom. The number of para-hydroxylation sites is 2. The average molecular weight is 1620 g/mol. The molecule has 0 atom stereocenters. The van der Waals surface area contributed by atoms with E-state index in [2.05, 4.69) is 420 Å². The number of thiophene rings is 1. The molecule has 0 unspecified atom stereocenters. The van der Waals surface area contributed by atoms with Gasteiger partial charge < -0.3 is 24.8 Å². The molecule has 4 aliphatic carbocycles. The third-order valence-corrected chi connectivity index (χ3v) is 28.2. The Hall–Kier alpha value is -15.3. The molecule has 125 heavy (non-hydrogen) atoms. The molecular formula is C119H83N3O2S. The highest BCUT2D eigenvalue weighted by Crippen LogP contribution is 2.64. The Morgan fingerprint density at radius 2 is 0.608 bits per heavy atom. The van der Waals surface area contributed by atoms with Gasteiger partial charge >= 0.3 is 0 Å². The van der Waals surface area contributed by atoms with Gasteiger partial charge in [0.15, 0.2) is 0 Å². The summed E-state index contributed by atoms with van der Waals surface area (Å²) < 4.78 is 14.9. The summed E-state index contributed by atoms with van der Waals surface area (Å²) in [6.45, 7) is 9.36. The van der Waals surface area contributed by atoms with Gasteiger partial charge in [-0.1, -0.05) is 325 Å². The van der Waals surface area contributed by atoms with Crippen LogP contribution >= 0.6 is 11.3 Å². The number of anilines is 6. The van der Waals surface area contributed by atoms with Crippen LogP contribution in [0.3, 0.4) is 0 Å². The Bertz CT molecular complexity index is 8110. The molecule has 592 valence electrons. The second kappa shape index (κ2) is 28.9. The summed E-state index contributed by atoms with van der Waals surface area (Å²) in [7, 11) is 0. The van der Waals surface area contributed by atoms with E-state index in [1.807, 2.05) is 47.7 Å². The zero-order valence-electron chi connectivity index (χ0n) is 69.5. The number of rotatable bonds is 10. The molecule has 0 bridgehead atoms. The first-order valence-corrected chi connectivity index (χ1v) is 44.1. The normalized spacial score (nSPS) is 13.5. The van der Waals surface area contributed by atoms with E-state index in [0.717, 1.165) is 83.6 Å². The molecule has 4 aliphatic rings. The fourth-order valence-corrected chi connectivity index (χ4v) is 22.2. The van der Waals surface area contributed by atoms with Crippen LogP contribution < -0.4 is 16.0 Å². The lowest BCUT2D eigenvalue weighted by atomic mass is 9.70. The van der Waals surface area contributed by atoms with Gasteiger partial charge in [-0.3, -0.25) is 0 Å². The minimum Gasteiger partial charge on any atom is -0.456 e. The Labute approximate surface area is 729 Å². The minimum atomic E-state index is -0.312. The summed E-state index contributed by atoms with van der Waals surface area (Å²) >= 11 is 1.85. The van der Waals surface area contributed by atoms with Crippen LogP contribution in [0.5, 0.6) is 0 Å². The fourth-order valence-electron chi connectivity index (χ4n) is 21.1. The van der Waals surface area contributed by atoms with Crippen LogP contribution in [0, 0.1) is 0 Å². The monoisotopic (exact) mass is 1620 g/mol. The Morgan fingerprint density at radius 3 is 1.25 bits per heavy atom. The average Bonchev–Trinajstić information content (AvgIpc) is 1.51. The van der Waals surface area contributed by atoms with Crippen molar-refractivity contribution in [3.8, 4) is 89.0 Å². The molecular weight excluding hydrogens is 1540 g/mol. The number of furan rings is 2. The van der Waals surface area contributed by atoms with Crippen LogP contribution in [0.2, 0.25) is 0 Å². The van der Waals surface area contributed by atoms with Crippen molar-refractivity contribution in [3.05, 3.63) is 457 Å². The standard InChI is InChI=1S/C43H27NO.C43H31NO.C33H25NS/c1-5-17-35-30(13-1)31-14-2-6-18-36(31)43(35)37-19-7-3-15-32(37)34-26-28(23-24-38(34)43)27-11-9-12-29(25-27)44-39-20-10-22-41-42(39)33-16-4-8-21-40(33)45-41;1-43(2)37-15-7-5-12-33(37)34-23-20-30(25-38(34)43)36-24-28-10-3-4-11-29(28)26-39(36)44-31-21-18-27(19-22-31)32-14-9-17-41-42(32)35-13-6-8-16-40(35)45-41;1-33(2)27-10-5-3-8-24(27)25-19-16-22(20-28(25)33)21-14-17-23(18-15-21)34-29-11-7-13-31-32(29)26-9-4-6-12-30(26)35-31/h1-26,44H;3-26,44H,1-2H3;3-20,34H,1-2H3. The molecule has 3 aromatic heterocycles. The van der Waals surface area contributed by atoms with Crippen molar-refractivity contribution < 1.29 is 8.83 Å². The molecule has 1 spiro atoms. The number of fused-ring (bicyclic) bond motifs is 26. The Kier molecular flexibility index (Phi) is 17.0. The molecule has 6 heteroatoms. The minimum absolute atomic E-state index is 0.0193. The first-order chi connectivity index (χ1) is 61.4. The predicted molar refractivity (Wildman–Crippen MR) is 527 cm³/mol. The molecule has 0 saturated carbocycles. The summed E-state index contributed by atoms with van der Waals surface area (Å²) in [4.78, 5) is 0. The molecule has 0 fully saturated rings. The molecule has 0 radical (unpaired) electrons. The molecule has 0 amide bonds. The van der Waals surface area contributed by atoms with Gasteiger partial charge in [-0.25, -0.2) is 0 Å². The van der Waals surface area contributed by atoms with Crippen LogP contribution in [-0.4, -0.2) is 0 Å². The number of hydrogen-bond acceptors (Lipinski definition) is 6. The van der Waals surface area contributed by atoms with Crippen LogP contribution in [0.15, 0.2) is 421 Å². The highest BCUT2D eigenvalue weighted by atomic mass is 32.1. The SMILES string of the molecule is CC1(C)c2ccccc2-c2ccc(-c3cc4ccccc4cc3Nc3ccc(-c4cccc5oc6ccccc6c45)cc3)cc21.CC1(C)c2ccccc2-c2ccc(-c3ccc(Nc4cccc5sc6ccccc6c45)cc3)cc21.c1cc(Nc2cccc3oc4ccccc4c23)cc(-c2ccc3c(c2)-c2ccccc2C32c3ccccc3-c3ccccc32)c1. The van der Waals surface area contributed by atoms with Gasteiger partial charge in [-0.2, -0.15) is 0 Å². The van der Waals surface area contributed by atoms with Gasteiger partial charge in [0.2, 0.25) is 0 Å². The maximum atomic E-state index is 6.15. The topological polar surface area (TPSA) is 62.4 Å². The van der Waals surface area contributed by atoms with E-state index in [-0.39, 0.29) is 16.2 Å². The number of benzene rings is 19. The molecule has 0 aliphatic heterocycles. The molecule has 26 rings (SSSR count). The fraction of sp³-hybridized carbons (Fsp3) is 0.0588. The number of nitrogens with one attached hydrogen (secondary N) is 3. The van der Waals surface area contributed by atoms with Gasteiger partial charge in [0.1, 0.15) is 22.3 Å². The Balaban J connectivity index is 0.000000106. The molecule has 19 aromatic carbocycles. The summed E-state index contributed by atoms with van der Waals surface area (Å²) in [6.07, 6.45) is 0. The van der Waals surface area contributed by atoms with Gasteiger partial charge in [-0.05, 0) is 254 Å². The van der Waals surface area contributed by atoms with Crippen molar-refractivity contribution in [1.29, 1.82) is 0 Å². The van der Waals surface area contributed by atoms with Gasteiger partial charge in [-0.15, -0.1) is 11.3 Å². The molecule has 0 saturated heterocycles. The molecule has 3 heterocycles. The van der Waals surface area contributed by atoms with E-state index in [0.29, 0.717) is 0 Å². The van der Waals surface area contributed by atoms with Crippen LogP contribution in [-0.2, 0) is 16.2 Å². The van der Waals surface area contributed by atoms with E-state index in [1.165, 1.54) is 159 Å². The zero-order chi connectivity index (χ0) is 83.2. The lowest BCUT2D eigenvalue weighted by Crippen LogP contribution is -2.25. The van der Waals surface area contributed by atoms with Gasteiger partial charge in [0.05, 0.1) is 16.5 Å². The van der Waals surface area contributed by atoms with E-state index >= 15 is 0 Å². The summed E-state index contributed by atoms with van der Waals surface area (Å²) in [5, 5.41) is 20.8. The van der Waals surface area contributed by atoms with Crippen LogP contribution in [0.25, 0.3) is 164 Å². The quantitative estimate of drug-likeness (QED) is 0.127. The van der Waals surface area contributed by atoms with Crippen molar-refractivity contribution in [2.75, 3.05) is 16.0 Å². The van der Waals surface area contributed by atoms with E-state index in [1.54, 1.807) is 0 Å². The maximum Gasteiger partial charge on any atom is 0.137 e. The zero-order valence-corrected chi connectivity index (χ0v) is 70.3. The van der Waals surface area contributed by atoms with E-state index in [4.69, 9.17) is 8.83 Å². The van der Waals surface area contributed by atoms with Crippen molar-refractivity contribution in [2.45, 2.75) is 43.9 Å². The van der Waals surface area contributed by atoms with Crippen molar-refractivity contribution in [2.24, 2.45) is 0 Å². The largest absolute Gasteiger partial charge is 0.456 e. The highest BCUT2D eigenvalue weighted by Gasteiger charge is 2.51.